The molecule has 0 saturated carbocycles. The zero-order chi connectivity index (χ0) is 19.8. The Kier molecular flexibility index (Phi) is 5.77. The minimum Gasteiger partial charge on any atom is -0.375 e. The molecule has 3 saturated heterocycles. The van der Waals surface area contributed by atoms with Crippen LogP contribution in [-0.4, -0.2) is 87.1 Å². The number of piperazine rings is 1. The quantitative estimate of drug-likeness (QED) is 0.759. The molecule has 28 heavy (non-hydrogen) atoms. The van der Waals surface area contributed by atoms with Gasteiger partial charge in [-0.2, -0.15) is 4.31 Å². The molecule has 156 valence electrons. The Morgan fingerprint density at radius 2 is 1.68 bits per heavy atom. The maximum Gasteiger partial charge on any atom is 0.243 e. The summed E-state index contributed by atoms with van der Waals surface area (Å²) in [4.78, 5) is 5.11. The summed E-state index contributed by atoms with van der Waals surface area (Å²) in [5.41, 5.74) is -0.207. The van der Waals surface area contributed by atoms with E-state index in [1.54, 1.807) is 0 Å². The van der Waals surface area contributed by atoms with Gasteiger partial charge in [-0.15, -0.1) is 0 Å². The number of piperidine rings is 1. The smallest absolute Gasteiger partial charge is 0.243 e. The van der Waals surface area contributed by atoms with E-state index in [9.17, 15) is 12.8 Å². The normalized spacial score (nSPS) is 27.9. The molecule has 3 fully saturated rings. The second-order valence-corrected chi connectivity index (χ2v) is 10.3. The van der Waals surface area contributed by atoms with Gasteiger partial charge in [0.2, 0.25) is 10.0 Å². The first-order valence-electron chi connectivity index (χ1n) is 10.2. The van der Waals surface area contributed by atoms with E-state index in [1.807, 2.05) is 0 Å². The minimum absolute atomic E-state index is 0.157. The van der Waals surface area contributed by atoms with Crippen molar-refractivity contribution < 1.29 is 17.5 Å². The number of hydrogen-bond acceptors (Lipinski definition) is 5. The number of benzene rings is 1. The van der Waals surface area contributed by atoms with E-state index < -0.39 is 15.8 Å². The summed E-state index contributed by atoms with van der Waals surface area (Å²) in [7, 11) is -1.41. The van der Waals surface area contributed by atoms with Crippen molar-refractivity contribution in [3.63, 3.8) is 0 Å². The molecule has 0 bridgehead atoms. The van der Waals surface area contributed by atoms with Crippen LogP contribution < -0.4 is 0 Å². The number of nitrogens with zero attached hydrogens (tertiary/aromatic N) is 3. The number of sulfonamides is 1. The zero-order valence-corrected chi connectivity index (χ0v) is 17.3. The molecule has 0 radical (unpaired) electrons. The summed E-state index contributed by atoms with van der Waals surface area (Å²) in [5.74, 6) is -0.429. The molecular formula is C20H30FN3O3S. The molecule has 3 heterocycles. The molecule has 1 aromatic rings. The van der Waals surface area contributed by atoms with Crippen LogP contribution >= 0.6 is 0 Å². The van der Waals surface area contributed by atoms with E-state index >= 15 is 0 Å². The van der Waals surface area contributed by atoms with Crippen LogP contribution in [0.15, 0.2) is 29.2 Å². The first-order valence-corrected chi connectivity index (χ1v) is 11.6. The number of likely N-dealkylation sites (N-methyl/N-ethyl adjacent to an activating group) is 1. The summed E-state index contributed by atoms with van der Waals surface area (Å²) >= 11 is 0. The molecule has 1 unspecified atom stereocenters. The van der Waals surface area contributed by atoms with Gasteiger partial charge in [0.05, 0.1) is 10.5 Å². The molecule has 4 rings (SSSR count). The van der Waals surface area contributed by atoms with Crippen LogP contribution in [0.4, 0.5) is 4.39 Å². The van der Waals surface area contributed by atoms with E-state index in [4.69, 9.17) is 4.74 Å². The van der Waals surface area contributed by atoms with Gasteiger partial charge in [-0.25, -0.2) is 12.8 Å². The maximum absolute atomic E-state index is 13.1. The summed E-state index contributed by atoms with van der Waals surface area (Å²) in [5, 5.41) is 0. The summed E-state index contributed by atoms with van der Waals surface area (Å²) in [6, 6.07) is 5.61. The van der Waals surface area contributed by atoms with Crippen molar-refractivity contribution in [1.82, 2.24) is 14.1 Å². The molecule has 0 aliphatic carbocycles. The van der Waals surface area contributed by atoms with Gasteiger partial charge in [0.15, 0.2) is 0 Å². The Morgan fingerprint density at radius 1 is 1.04 bits per heavy atom. The molecule has 1 atom stereocenters. The number of hydrogen-bond donors (Lipinski definition) is 0. The lowest BCUT2D eigenvalue weighted by Gasteiger charge is -2.49. The van der Waals surface area contributed by atoms with Crippen molar-refractivity contribution in [2.75, 3.05) is 52.9 Å². The third-order valence-electron chi connectivity index (χ3n) is 6.61. The fourth-order valence-electron chi connectivity index (χ4n) is 4.74. The number of halogens is 1. The fraction of sp³-hybridized carbons (Fsp3) is 0.700. The van der Waals surface area contributed by atoms with Crippen molar-refractivity contribution >= 4 is 10.0 Å². The van der Waals surface area contributed by atoms with Crippen molar-refractivity contribution in [2.24, 2.45) is 0 Å². The highest BCUT2D eigenvalue weighted by Gasteiger charge is 2.44. The van der Waals surface area contributed by atoms with Gasteiger partial charge in [-0.05, 0) is 57.0 Å². The third-order valence-corrected chi connectivity index (χ3v) is 8.52. The van der Waals surface area contributed by atoms with Crippen LogP contribution in [0.3, 0.4) is 0 Å². The van der Waals surface area contributed by atoms with E-state index in [2.05, 4.69) is 16.8 Å². The Morgan fingerprint density at radius 3 is 2.32 bits per heavy atom. The second-order valence-electron chi connectivity index (χ2n) is 8.38. The van der Waals surface area contributed by atoms with Gasteiger partial charge >= 0.3 is 0 Å². The molecule has 3 aliphatic rings. The maximum atomic E-state index is 13.1. The van der Waals surface area contributed by atoms with Gasteiger partial charge < -0.3 is 9.64 Å². The molecule has 0 N–H and O–H groups in total. The SMILES string of the molecule is CN1CCN(C2CCOC3(CCN(S(=O)(=O)c4ccc(F)cc4)CC3)C2)CC1. The molecule has 8 heteroatoms. The molecule has 6 nitrogen and oxygen atoms in total. The Labute approximate surface area is 167 Å². The Balaban J connectivity index is 1.39. The van der Waals surface area contributed by atoms with Gasteiger partial charge in [0.1, 0.15) is 5.82 Å². The molecule has 0 aromatic heterocycles. The van der Waals surface area contributed by atoms with E-state index in [0.717, 1.165) is 58.5 Å². The van der Waals surface area contributed by atoms with Crippen molar-refractivity contribution in [2.45, 2.75) is 42.2 Å². The first-order chi connectivity index (χ1) is 13.4. The highest BCUT2D eigenvalue weighted by Crippen LogP contribution is 2.38. The van der Waals surface area contributed by atoms with Gasteiger partial charge in [0, 0.05) is 51.9 Å². The summed E-state index contributed by atoms with van der Waals surface area (Å²) in [6.45, 7) is 6.07. The Bertz CT molecular complexity index is 770. The van der Waals surface area contributed by atoms with Crippen molar-refractivity contribution in [3.05, 3.63) is 30.1 Å². The summed E-state index contributed by atoms with van der Waals surface area (Å²) in [6.07, 6.45) is 3.49. The van der Waals surface area contributed by atoms with Gasteiger partial charge in [0.25, 0.3) is 0 Å². The van der Waals surface area contributed by atoms with E-state index in [1.165, 1.54) is 28.6 Å². The Hall–Kier alpha value is -1.06. The van der Waals surface area contributed by atoms with Gasteiger partial charge in [-0.3, -0.25) is 4.90 Å². The molecule has 3 aliphatic heterocycles. The minimum atomic E-state index is -3.58. The van der Waals surface area contributed by atoms with Crippen molar-refractivity contribution in [3.8, 4) is 0 Å². The predicted molar refractivity (Wildman–Crippen MR) is 105 cm³/mol. The van der Waals surface area contributed by atoms with E-state index in [-0.39, 0.29) is 10.5 Å². The lowest BCUT2D eigenvalue weighted by atomic mass is 9.82. The highest BCUT2D eigenvalue weighted by atomic mass is 32.2. The van der Waals surface area contributed by atoms with E-state index in [0.29, 0.717) is 19.1 Å². The molecular weight excluding hydrogens is 381 g/mol. The van der Waals surface area contributed by atoms with Crippen LogP contribution in [0.2, 0.25) is 0 Å². The lowest BCUT2D eigenvalue weighted by molar-refractivity contribution is -0.129. The predicted octanol–water partition coefficient (Wildman–Crippen LogP) is 1.78. The van der Waals surface area contributed by atoms with Crippen LogP contribution in [0, 0.1) is 5.82 Å². The van der Waals surface area contributed by atoms with Crippen LogP contribution in [-0.2, 0) is 14.8 Å². The standard InChI is InChI=1S/C20H30FN3O3S/c1-22-11-13-23(14-12-22)18-6-15-27-20(16-18)7-9-24(10-8-20)28(25,26)19-4-2-17(21)3-5-19/h2-5,18H,6-16H2,1H3. The number of ether oxygens (including phenoxy) is 1. The average Bonchev–Trinajstić information content (AvgIpc) is 2.69. The molecule has 1 spiro atoms. The molecule has 0 amide bonds. The number of rotatable bonds is 3. The summed E-state index contributed by atoms with van der Waals surface area (Å²) < 4.78 is 46.6. The highest BCUT2D eigenvalue weighted by molar-refractivity contribution is 7.89. The lowest BCUT2D eigenvalue weighted by Crippen LogP contribution is -2.57. The first kappa shape index (κ1) is 20.2. The molecule has 1 aromatic carbocycles. The van der Waals surface area contributed by atoms with Crippen LogP contribution in [0.25, 0.3) is 0 Å². The monoisotopic (exact) mass is 411 g/mol. The van der Waals surface area contributed by atoms with Crippen LogP contribution in [0.5, 0.6) is 0 Å². The van der Waals surface area contributed by atoms with Crippen LogP contribution in [0.1, 0.15) is 25.7 Å². The largest absolute Gasteiger partial charge is 0.375 e. The third kappa shape index (κ3) is 4.11. The second kappa shape index (κ2) is 7.99. The van der Waals surface area contributed by atoms with Crippen molar-refractivity contribution in [1.29, 1.82) is 0 Å². The topological polar surface area (TPSA) is 53.1 Å². The van der Waals surface area contributed by atoms with Gasteiger partial charge in [-0.1, -0.05) is 0 Å². The average molecular weight is 412 g/mol. The zero-order valence-electron chi connectivity index (χ0n) is 16.5. The fourth-order valence-corrected chi connectivity index (χ4v) is 6.18.